The first-order chi connectivity index (χ1) is 12.3. The maximum absolute atomic E-state index is 6.14. The molecule has 0 bridgehead atoms. The lowest BCUT2D eigenvalue weighted by atomic mass is 9.73. The van der Waals surface area contributed by atoms with Crippen LogP contribution in [0.2, 0.25) is 0 Å². The summed E-state index contributed by atoms with van der Waals surface area (Å²) in [5.41, 5.74) is 1.23. The summed E-state index contributed by atoms with van der Waals surface area (Å²) in [6, 6.07) is 4.02. The number of ether oxygens (including phenoxy) is 2. The van der Waals surface area contributed by atoms with Crippen LogP contribution in [0, 0.1) is 5.41 Å². The third-order valence-electron chi connectivity index (χ3n) is 5.29. The van der Waals surface area contributed by atoms with Gasteiger partial charge in [0, 0.05) is 49.1 Å². The highest BCUT2D eigenvalue weighted by Gasteiger charge is 2.46. The van der Waals surface area contributed by atoms with Crippen molar-refractivity contribution in [3.05, 3.63) is 46.7 Å². The molecule has 0 saturated carbocycles. The highest BCUT2D eigenvalue weighted by Crippen LogP contribution is 2.41. The van der Waals surface area contributed by atoms with Gasteiger partial charge in [0.25, 0.3) is 0 Å². The molecule has 2 saturated heterocycles. The van der Waals surface area contributed by atoms with Crippen LogP contribution in [0.5, 0.6) is 0 Å². The van der Waals surface area contributed by atoms with E-state index in [-0.39, 0.29) is 5.41 Å². The number of hydrogen-bond donors (Lipinski definition) is 0. The van der Waals surface area contributed by atoms with Gasteiger partial charge in [0.1, 0.15) is 5.01 Å². The summed E-state index contributed by atoms with van der Waals surface area (Å²) in [5.74, 6) is 0. The predicted octanol–water partition coefficient (Wildman–Crippen LogP) is 3.13. The number of nitrogens with zero attached hydrogens (tertiary/aromatic N) is 3. The number of rotatable bonds is 6. The summed E-state index contributed by atoms with van der Waals surface area (Å²) in [5, 5.41) is 3.25. The molecule has 2 aromatic rings. The average molecular weight is 359 g/mol. The number of fused-ring (bicyclic) bond motifs is 1. The van der Waals surface area contributed by atoms with E-state index >= 15 is 0 Å². The minimum Gasteiger partial charge on any atom is -0.377 e. The van der Waals surface area contributed by atoms with Crippen molar-refractivity contribution >= 4 is 11.3 Å². The molecule has 5 nitrogen and oxygen atoms in total. The Balaban J connectivity index is 1.40. The van der Waals surface area contributed by atoms with Gasteiger partial charge in [0.15, 0.2) is 0 Å². The number of likely N-dealkylation sites (tertiary alicyclic amines) is 1. The van der Waals surface area contributed by atoms with Crippen LogP contribution in [-0.4, -0.2) is 47.3 Å². The lowest BCUT2D eigenvalue weighted by molar-refractivity contribution is -0.155. The first-order valence-electron chi connectivity index (χ1n) is 9.03. The zero-order valence-corrected chi connectivity index (χ0v) is 15.3. The van der Waals surface area contributed by atoms with Gasteiger partial charge in [0.05, 0.1) is 25.9 Å². The Morgan fingerprint density at radius 3 is 3.24 bits per heavy atom. The van der Waals surface area contributed by atoms with Crippen molar-refractivity contribution in [2.24, 2.45) is 5.41 Å². The molecule has 0 aliphatic carbocycles. The molecule has 0 aromatic carbocycles. The van der Waals surface area contributed by atoms with Crippen molar-refractivity contribution in [1.82, 2.24) is 14.9 Å². The van der Waals surface area contributed by atoms with E-state index in [0.717, 1.165) is 51.3 Å². The third-order valence-corrected chi connectivity index (χ3v) is 6.05. The number of aromatic nitrogens is 2. The van der Waals surface area contributed by atoms with Crippen LogP contribution in [0.15, 0.2) is 36.1 Å². The van der Waals surface area contributed by atoms with Gasteiger partial charge in [-0.1, -0.05) is 6.07 Å². The van der Waals surface area contributed by atoms with Crippen LogP contribution < -0.4 is 0 Å². The fourth-order valence-corrected chi connectivity index (χ4v) is 4.76. The smallest absolute Gasteiger partial charge is 0.107 e. The summed E-state index contributed by atoms with van der Waals surface area (Å²) < 4.78 is 12.3. The number of thiazole rings is 1. The van der Waals surface area contributed by atoms with Gasteiger partial charge in [-0.2, -0.15) is 0 Å². The Bertz CT molecular complexity index is 652. The molecule has 0 radical (unpaired) electrons. The molecule has 2 aliphatic heterocycles. The number of pyridine rings is 1. The zero-order valence-electron chi connectivity index (χ0n) is 14.5. The van der Waals surface area contributed by atoms with E-state index in [2.05, 4.69) is 26.3 Å². The fourth-order valence-electron chi connectivity index (χ4n) is 4.11. The summed E-state index contributed by atoms with van der Waals surface area (Å²) >= 11 is 1.74. The minimum atomic E-state index is 0.107. The highest BCUT2D eigenvalue weighted by atomic mass is 32.1. The Morgan fingerprint density at radius 1 is 1.40 bits per heavy atom. The molecule has 25 heavy (non-hydrogen) atoms. The van der Waals surface area contributed by atoms with Crippen molar-refractivity contribution in [1.29, 1.82) is 0 Å². The number of piperidine rings is 1. The Labute approximate surface area is 153 Å². The van der Waals surface area contributed by atoms with Crippen molar-refractivity contribution in [2.45, 2.75) is 38.5 Å². The van der Waals surface area contributed by atoms with E-state index in [4.69, 9.17) is 9.47 Å². The van der Waals surface area contributed by atoms with E-state index in [1.807, 2.05) is 18.5 Å². The van der Waals surface area contributed by atoms with Gasteiger partial charge in [-0.15, -0.1) is 11.3 Å². The Hall–Kier alpha value is -1.34. The molecule has 2 aromatic heterocycles. The molecule has 4 rings (SSSR count). The molecule has 0 spiro atoms. The summed E-state index contributed by atoms with van der Waals surface area (Å²) in [6.07, 6.45) is 9.28. The molecular weight excluding hydrogens is 334 g/mol. The lowest BCUT2D eigenvalue weighted by Gasteiger charge is -2.50. The van der Waals surface area contributed by atoms with Gasteiger partial charge in [-0.25, -0.2) is 4.98 Å². The van der Waals surface area contributed by atoms with Crippen LogP contribution in [0.4, 0.5) is 0 Å². The maximum Gasteiger partial charge on any atom is 0.107 e. The normalized spacial score (nSPS) is 27.1. The van der Waals surface area contributed by atoms with Crippen molar-refractivity contribution in [2.75, 3.05) is 26.3 Å². The molecule has 6 heteroatoms. The van der Waals surface area contributed by atoms with E-state index < -0.39 is 0 Å². The topological polar surface area (TPSA) is 47.5 Å². The first-order valence-corrected chi connectivity index (χ1v) is 9.91. The second kappa shape index (κ2) is 7.91. The SMILES string of the molecule is c1cncc(COC[C@]23CCCO[C@H]2CCN(Cc2nccs2)C3)c1. The molecule has 2 fully saturated rings. The van der Waals surface area contributed by atoms with Crippen LogP contribution in [0.1, 0.15) is 29.8 Å². The maximum atomic E-state index is 6.14. The minimum absolute atomic E-state index is 0.107. The predicted molar refractivity (Wildman–Crippen MR) is 97.3 cm³/mol. The van der Waals surface area contributed by atoms with Gasteiger partial charge < -0.3 is 9.47 Å². The van der Waals surface area contributed by atoms with Crippen LogP contribution in [0.25, 0.3) is 0 Å². The molecule has 0 amide bonds. The molecule has 0 unspecified atom stereocenters. The number of hydrogen-bond acceptors (Lipinski definition) is 6. The average Bonchev–Trinajstić information content (AvgIpc) is 3.15. The summed E-state index contributed by atoms with van der Waals surface area (Å²) in [7, 11) is 0. The summed E-state index contributed by atoms with van der Waals surface area (Å²) in [4.78, 5) is 11.1. The molecular formula is C19H25N3O2S. The van der Waals surface area contributed by atoms with Gasteiger partial charge in [-0.05, 0) is 30.9 Å². The quantitative estimate of drug-likeness (QED) is 0.793. The second-order valence-corrected chi connectivity index (χ2v) is 8.08. The van der Waals surface area contributed by atoms with Gasteiger partial charge >= 0.3 is 0 Å². The van der Waals surface area contributed by atoms with E-state index in [9.17, 15) is 0 Å². The van der Waals surface area contributed by atoms with Crippen LogP contribution >= 0.6 is 11.3 Å². The lowest BCUT2D eigenvalue weighted by Crippen LogP contribution is -2.56. The standard InChI is InChI=1S/C19H25N3O2S/c1-3-16(11-20-6-1)13-23-15-19-5-2-9-24-17(19)4-8-22(14-19)12-18-21-7-10-25-18/h1,3,6-7,10-11,17H,2,4-5,8-9,12-15H2/t17-,19+/m0/s1. The fraction of sp³-hybridized carbons (Fsp3) is 0.579. The van der Waals surface area contributed by atoms with E-state index in [0.29, 0.717) is 12.7 Å². The molecule has 4 heterocycles. The largest absolute Gasteiger partial charge is 0.377 e. The summed E-state index contributed by atoms with van der Waals surface area (Å²) in [6.45, 7) is 5.31. The monoisotopic (exact) mass is 359 g/mol. The third kappa shape index (κ3) is 4.08. The van der Waals surface area contributed by atoms with E-state index in [1.165, 1.54) is 11.4 Å². The zero-order chi connectivity index (χ0) is 17.0. The van der Waals surface area contributed by atoms with Gasteiger partial charge in [0.2, 0.25) is 0 Å². The van der Waals surface area contributed by atoms with Crippen LogP contribution in [0.3, 0.4) is 0 Å². The van der Waals surface area contributed by atoms with Crippen molar-refractivity contribution in [3.63, 3.8) is 0 Å². The second-order valence-electron chi connectivity index (χ2n) is 7.10. The van der Waals surface area contributed by atoms with Crippen LogP contribution in [-0.2, 0) is 22.6 Å². The first kappa shape index (κ1) is 17.1. The molecule has 0 N–H and O–H groups in total. The van der Waals surface area contributed by atoms with Crippen molar-refractivity contribution in [3.8, 4) is 0 Å². The van der Waals surface area contributed by atoms with Crippen molar-refractivity contribution < 1.29 is 9.47 Å². The highest BCUT2D eigenvalue weighted by molar-refractivity contribution is 7.09. The Kier molecular flexibility index (Phi) is 5.41. The molecule has 134 valence electrons. The Morgan fingerprint density at radius 2 is 2.40 bits per heavy atom. The molecule has 2 aliphatic rings. The van der Waals surface area contributed by atoms with Gasteiger partial charge in [-0.3, -0.25) is 9.88 Å². The van der Waals surface area contributed by atoms with E-state index in [1.54, 1.807) is 17.5 Å². The molecule has 2 atom stereocenters.